The zero-order valence-electron chi connectivity index (χ0n) is 21.0. The Kier molecular flexibility index (Phi) is 11.4. The van der Waals surface area contributed by atoms with E-state index in [0.29, 0.717) is 32.7 Å². The first-order chi connectivity index (χ1) is 18.0. The van der Waals surface area contributed by atoms with Crippen LogP contribution < -0.4 is 4.90 Å². The smallest absolute Gasteiger partial charge is 0.227 e. The number of benzene rings is 2. The molecule has 0 radical (unpaired) electrons. The maximum atomic E-state index is 12.7. The number of piperidine rings is 1. The molecule has 1 N–H and O–H groups in total. The monoisotopic (exact) mass is 512 g/mol. The van der Waals surface area contributed by atoms with Gasteiger partial charge in [-0.3, -0.25) is 4.79 Å². The molecule has 0 saturated carbocycles. The van der Waals surface area contributed by atoms with Crippen molar-refractivity contribution in [3.05, 3.63) is 90.6 Å². The normalized spacial score (nSPS) is 20.8. The molecular formula is C28H34F2N4O3. The van der Waals surface area contributed by atoms with Crippen LogP contribution in [0.25, 0.3) is 0 Å². The first-order valence-electron chi connectivity index (χ1n) is 12.5. The summed E-state index contributed by atoms with van der Waals surface area (Å²) in [7, 11) is 0. The highest BCUT2D eigenvalue weighted by atomic mass is 19.1. The predicted molar refractivity (Wildman–Crippen MR) is 138 cm³/mol. The Bertz CT molecular complexity index is 1020. The third-order valence-corrected chi connectivity index (χ3v) is 6.09. The minimum absolute atomic E-state index is 0.0344. The Balaban J connectivity index is 0.000000220. The molecule has 0 spiro atoms. The third-order valence-electron chi connectivity index (χ3n) is 6.09. The summed E-state index contributed by atoms with van der Waals surface area (Å²) in [6, 6.07) is 20.3. The number of hydrogen-bond donors (Lipinski definition) is 1. The van der Waals surface area contributed by atoms with Crippen LogP contribution in [0.15, 0.2) is 79.0 Å². The molecule has 9 heteroatoms. The third kappa shape index (κ3) is 9.18. The van der Waals surface area contributed by atoms with Gasteiger partial charge in [-0.1, -0.05) is 42.5 Å². The summed E-state index contributed by atoms with van der Waals surface area (Å²) >= 11 is 0. The number of carbonyl (C=O) groups excluding carboxylic acids is 1. The molecule has 37 heavy (non-hydrogen) atoms. The van der Waals surface area contributed by atoms with Crippen LogP contribution in [0.5, 0.6) is 0 Å². The molecular weight excluding hydrogens is 478 g/mol. The van der Waals surface area contributed by atoms with Gasteiger partial charge in [0, 0.05) is 45.0 Å². The minimum atomic E-state index is -0.592. The summed E-state index contributed by atoms with van der Waals surface area (Å²) in [5.74, 6) is -0.161. The Morgan fingerprint density at radius 3 is 2.16 bits per heavy atom. The largest absolute Gasteiger partial charge is 0.389 e. The fourth-order valence-corrected chi connectivity index (χ4v) is 4.25. The van der Waals surface area contributed by atoms with Crippen molar-refractivity contribution in [3.63, 3.8) is 0 Å². The summed E-state index contributed by atoms with van der Waals surface area (Å²) in [6.45, 7) is 5.01. The van der Waals surface area contributed by atoms with Crippen LogP contribution in [0.3, 0.4) is 0 Å². The van der Waals surface area contributed by atoms with Gasteiger partial charge in [-0.2, -0.15) is 5.10 Å². The maximum absolute atomic E-state index is 12.7. The molecule has 7 nitrogen and oxygen atoms in total. The van der Waals surface area contributed by atoms with Gasteiger partial charge in [0.05, 0.1) is 18.1 Å². The van der Waals surface area contributed by atoms with E-state index in [0.717, 1.165) is 24.8 Å². The van der Waals surface area contributed by atoms with Crippen LogP contribution in [0.2, 0.25) is 0 Å². The van der Waals surface area contributed by atoms with Gasteiger partial charge in [-0.05, 0) is 44.0 Å². The van der Waals surface area contributed by atoms with E-state index in [1.165, 1.54) is 18.2 Å². The van der Waals surface area contributed by atoms with Gasteiger partial charge < -0.3 is 19.6 Å². The number of aliphatic hydroxyl groups is 1. The topological polar surface area (TPSA) is 78.8 Å². The van der Waals surface area contributed by atoms with Gasteiger partial charge in [0.2, 0.25) is 5.91 Å². The number of β-amino-alcohol motifs (C(OH)–C–C–N with tert-alkyl or cyclic N) is 1. The van der Waals surface area contributed by atoms with Crippen molar-refractivity contribution < 1.29 is 23.4 Å². The molecule has 0 aliphatic carbocycles. The van der Waals surface area contributed by atoms with E-state index >= 15 is 0 Å². The lowest BCUT2D eigenvalue weighted by molar-refractivity contribution is -0.143. The highest BCUT2D eigenvalue weighted by Gasteiger charge is 2.36. The second-order valence-corrected chi connectivity index (χ2v) is 8.74. The quantitative estimate of drug-likeness (QED) is 0.570. The Labute approximate surface area is 216 Å². The second kappa shape index (κ2) is 15.0. The maximum Gasteiger partial charge on any atom is 0.227 e. The average Bonchev–Trinajstić information content (AvgIpc) is 3.42. The van der Waals surface area contributed by atoms with Crippen LogP contribution in [0, 0.1) is 17.6 Å². The molecule has 2 aromatic carbocycles. The van der Waals surface area contributed by atoms with E-state index in [9.17, 15) is 18.7 Å². The number of ether oxygens (including phenoxy) is 1. The number of aliphatic hydroxyl groups excluding tert-OH is 1. The van der Waals surface area contributed by atoms with Crippen molar-refractivity contribution >= 4 is 11.7 Å². The van der Waals surface area contributed by atoms with Crippen molar-refractivity contribution in [2.45, 2.75) is 32.0 Å². The highest BCUT2D eigenvalue weighted by molar-refractivity contribution is 5.80. The fourth-order valence-electron chi connectivity index (χ4n) is 4.25. The van der Waals surface area contributed by atoms with Crippen molar-refractivity contribution in [1.82, 2.24) is 15.1 Å². The SMILES string of the molecule is CCOC1CCN(C(=O)C2CCN(c3cccnn3)C2)CC1O.Fc1cccc(F)c1.c1ccccc1. The number of amides is 1. The first-order valence-corrected chi connectivity index (χ1v) is 12.5. The molecule has 2 aliphatic rings. The fraction of sp³-hybridized carbons (Fsp3) is 0.393. The lowest BCUT2D eigenvalue weighted by Crippen LogP contribution is -2.51. The second-order valence-electron chi connectivity index (χ2n) is 8.74. The van der Waals surface area contributed by atoms with E-state index in [1.807, 2.05) is 55.5 Å². The zero-order chi connectivity index (χ0) is 26.5. The minimum Gasteiger partial charge on any atom is -0.389 e. The van der Waals surface area contributed by atoms with Crippen LogP contribution >= 0.6 is 0 Å². The molecule has 2 aliphatic heterocycles. The Morgan fingerprint density at radius 2 is 1.65 bits per heavy atom. The summed E-state index contributed by atoms with van der Waals surface area (Å²) < 4.78 is 29.4. The molecule has 0 bridgehead atoms. The molecule has 1 aromatic heterocycles. The standard InChI is InChI=1S/C16H24N4O3.C6H4F2.C6H6/c1-2-23-14-6-9-20(11-13(14)21)16(22)12-5-8-19(10-12)15-4-3-7-17-18-15;7-5-2-1-3-6(8)4-5;1-2-4-6-5-3-1/h3-4,7,12-14,21H,2,5-6,8-11H2,1H3;1-4H;1-6H. The Hall–Kier alpha value is -3.43. The lowest BCUT2D eigenvalue weighted by atomic mass is 10.0. The van der Waals surface area contributed by atoms with Crippen LogP contribution in [-0.2, 0) is 9.53 Å². The number of rotatable bonds is 4. The lowest BCUT2D eigenvalue weighted by Gasteiger charge is -2.36. The van der Waals surface area contributed by atoms with Gasteiger partial charge in [0.1, 0.15) is 11.6 Å². The van der Waals surface area contributed by atoms with Crippen LogP contribution in [0.1, 0.15) is 19.8 Å². The van der Waals surface area contributed by atoms with Crippen molar-refractivity contribution in [3.8, 4) is 0 Å². The molecule has 3 aromatic rings. The van der Waals surface area contributed by atoms with E-state index in [1.54, 1.807) is 11.1 Å². The zero-order valence-corrected chi connectivity index (χ0v) is 21.0. The van der Waals surface area contributed by atoms with E-state index in [2.05, 4.69) is 15.1 Å². The molecule has 1 amide bonds. The first kappa shape index (κ1) is 28.1. The van der Waals surface area contributed by atoms with Gasteiger partial charge in [0.15, 0.2) is 5.82 Å². The number of halogens is 2. The number of hydrogen-bond acceptors (Lipinski definition) is 6. The van der Waals surface area contributed by atoms with Crippen molar-refractivity contribution in [1.29, 1.82) is 0 Å². The predicted octanol–water partition coefficient (Wildman–Crippen LogP) is 3.95. The molecule has 198 valence electrons. The number of nitrogens with zero attached hydrogens (tertiary/aromatic N) is 4. The molecule has 2 fully saturated rings. The van der Waals surface area contributed by atoms with Crippen molar-refractivity contribution in [2.24, 2.45) is 5.92 Å². The van der Waals surface area contributed by atoms with Crippen LogP contribution in [0.4, 0.5) is 14.6 Å². The van der Waals surface area contributed by atoms with Crippen LogP contribution in [-0.4, -0.2) is 71.1 Å². The summed E-state index contributed by atoms with van der Waals surface area (Å²) in [4.78, 5) is 16.6. The summed E-state index contributed by atoms with van der Waals surface area (Å²) in [5, 5.41) is 18.1. The molecule has 3 atom stereocenters. The number of likely N-dealkylation sites (tertiary alicyclic amines) is 1. The van der Waals surface area contributed by atoms with Crippen molar-refractivity contribution in [2.75, 3.05) is 37.7 Å². The molecule has 2 saturated heterocycles. The average molecular weight is 513 g/mol. The van der Waals surface area contributed by atoms with E-state index < -0.39 is 17.7 Å². The number of carbonyl (C=O) groups is 1. The number of anilines is 1. The van der Waals surface area contributed by atoms with E-state index in [-0.39, 0.29) is 17.9 Å². The van der Waals surface area contributed by atoms with Gasteiger partial charge >= 0.3 is 0 Å². The number of aromatic nitrogens is 2. The molecule has 3 unspecified atom stereocenters. The summed E-state index contributed by atoms with van der Waals surface area (Å²) in [6.07, 6.45) is 2.42. The molecule has 3 heterocycles. The van der Waals surface area contributed by atoms with E-state index in [4.69, 9.17) is 4.74 Å². The Morgan fingerprint density at radius 1 is 0.973 bits per heavy atom. The van der Waals surface area contributed by atoms with Gasteiger partial charge in [-0.25, -0.2) is 8.78 Å². The highest BCUT2D eigenvalue weighted by Crippen LogP contribution is 2.25. The van der Waals surface area contributed by atoms with Gasteiger partial charge in [-0.15, -0.1) is 5.10 Å². The van der Waals surface area contributed by atoms with Gasteiger partial charge in [0.25, 0.3) is 0 Å². The molecule has 5 rings (SSSR count). The summed E-state index contributed by atoms with van der Waals surface area (Å²) in [5.41, 5.74) is 0.